The SMILES string of the molecule is CCCCCCCCCC(C)C(F)(F)C(F)(F)F. The van der Waals surface area contributed by atoms with E-state index in [1.165, 1.54) is 0 Å². The van der Waals surface area contributed by atoms with Crippen molar-refractivity contribution in [3.05, 3.63) is 0 Å². The van der Waals surface area contributed by atoms with E-state index in [2.05, 4.69) is 6.92 Å². The summed E-state index contributed by atoms with van der Waals surface area (Å²) in [5.41, 5.74) is 0. The van der Waals surface area contributed by atoms with Gasteiger partial charge >= 0.3 is 12.1 Å². The molecule has 1 unspecified atom stereocenters. The van der Waals surface area contributed by atoms with Crippen LogP contribution in [0.2, 0.25) is 0 Å². The van der Waals surface area contributed by atoms with E-state index in [1.54, 1.807) is 0 Å². The molecule has 0 aromatic heterocycles. The molecule has 0 saturated heterocycles. The summed E-state index contributed by atoms with van der Waals surface area (Å²) in [5, 5.41) is 0. The molecule has 0 fully saturated rings. The first-order valence-electron chi connectivity index (χ1n) is 6.68. The second-order valence-electron chi connectivity index (χ2n) is 4.93. The van der Waals surface area contributed by atoms with Gasteiger partial charge in [-0.1, -0.05) is 58.8 Å². The Kier molecular flexibility index (Phi) is 7.79. The smallest absolute Gasteiger partial charge is 0.196 e. The lowest BCUT2D eigenvalue weighted by Gasteiger charge is -2.25. The summed E-state index contributed by atoms with van der Waals surface area (Å²) >= 11 is 0. The van der Waals surface area contributed by atoms with Crippen LogP contribution < -0.4 is 0 Å². The van der Waals surface area contributed by atoms with Gasteiger partial charge in [0, 0.05) is 5.92 Å². The third kappa shape index (κ3) is 6.01. The predicted octanol–water partition coefficient (Wildman–Crippen LogP) is 5.96. The normalized spacial score (nSPS) is 14.8. The molecule has 0 N–H and O–H groups in total. The molecule has 110 valence electrons. The van der Waals surface area contributed by atoms with Gasteiger partial charge in [0.25, 0.3) is 0 Å². The molecule has 0 bridgehead atoms. The Bertz CT molecular complexity index is 210. The Morgan fingerprint density at radius 3 is 1.67 bits per heavy atom. The summed E-state index contributed by atoms with van der Waals surface area (Å²) in [6, 6.07) is 0. The Morgan fingerprint density at radius 1 is 0.778 bits per heavy atom. The summed E-state index contributed by atoms with van der Waals surface area (Å²) in [6.45, 7) is 3.07. The summed E-state index contributed by atoms with van der Waals surface area (Å²) in [7, 11) is 0. The molecule has 0 amide bonds. The second-order valence-corrected chi connectivity index (χ2v) is 4.93. The number of hydrogen-bond donors (Lipinski definition) is 0. The number of halogens is 5. The summed E-state index contributed by atoms with van der Waals surface area (Å²) in [4.78, 5) is 0. The Balaban J connectivity index is 3.74. The first-order valence-corrected chi connectivity index (χ1v) is 6.68. The largest absolute Gasteiger partial charge is 0.453 e. The highest BCUT2D eigenvalue weighted by Crippen LogP contribution is 2.42. The minimum absolute atomic E-state index is 0.0692. The lowest BCUT2D eigenvalue weighted by molar-refractivity contribution is -0.301. The Morgan fingerprint density at radius 2 is 1.22 bits per heavy atom. The van der Waals surface area contributed by atoms with Crippen molar-refractivity contribution in [3.8, 4) is 0 Å². The van der Waals surface area contributed by atoms with Gasteiger partial charge in [0.05, 0.1) is 0 Å². The molecule has 1 atom stereocenters. The summed E-state index contributed by atoms with van der Waals surface area (Å²) in [5.74, 6) is -6.19. The van der Waals surface area contributed by atoms with Crippen LogP contribution in [0.1, 0.15) is 65.2 Å². The average molecular weight is 274 g/mol. The van der Waals surface area contributed by atoms with E-state index in [-0.39, 0.29) is 6.42 Å². The first-order chi connectivity index (χ1) is 8.23. The standard InChI is InChI=1S/C13H23F5/c1-3-4-5-6-7-8-9-10-11(2)12(14,15)13(16,17)18/h11H,3-10H2,1-2H3. The van der Waals surface area contributed by atoms with Crippen molar-refractivity contribution >= 4 is 0 Å². The van der Waals surface area contributed by atoms with Crippen LogP contribution in [0.15, 0.2) is 0 Å². The van der Waals surface area contributed by atoms with Crippen LogP contribution >= 0.6 is 0 Å². The van der Waals surface area contributed by atoms with Gasteiger partial charge in [-0.25, -0.2) is 0 Å². The second kappa shape index (κ2) is 7.95. The quantitative estimate of drug-likeness (QED) is 0.359. The van der Waals surface area contributed by atoms with Crippen LogP contribution in [0.5, 0.6) is 0 Å². The van der Waals surface area contributed by atoms with E-state index in [0.29, 0.717) is 6.42 Å². The predicted molar refractivity (Wildman–Crippen MR) is 62.8 cm³/mol. The number of unbranched alkanes of at least 4 members (excludes halogenated alkanes) is 6. The van der Waals surface area contributed by atoms with Gasteiger partial charge in [0.1, 0.15) is 0 Å². The molecular formula is C13H23F5. The van der Waals surface area contributed by atoms with E-state index in [0.717, 1.165) is 45.4 Å². The summed E-state index contributed by atoms with van der Waals surface area (Å²) < 4.78 is 61.9. The average Bonchev–Trinajstić information content (AvgIpc) is 2.26. The van der Waals surface area contributed by atoms with Gasteiger partial charge in [-0.15, -0.1) is 0 Å². The fourth-order valence-corrected chi connectivity index (χ4v) is 1.87. The molecule has 0 nitrogen and oxygen atoms in total. The molecule has 0 rings (SSSR count). The van der Waals surface area contributed by atoms with Crippen LogP contribution in [0.3, 0.4) is 0 Å². The zero-order valence-electron chi connectivity index (χ0n) is 11.1. The van der Waals surface area contributed by atoms with Crippen LogP contribution in [0.25, 0.3) is 0 Å². The van der Waals surface area contributed by atoms with E-state index in [9.17, 15) is 22.0 Å². The highest BCUT2D eigenvalue weighted by atomic mass is 19.4. The lowest BCUT2D eigenvalue weighted by atomic mass is 9.95. The molecule has 0 radical (unpaired) electrons. The van der Waals surface area contributed by atoms with Gasteiger partial charge in [-0.3, -0.25) is 0 Å². The lowest BCUT2D eigenvalue weighted by Crippen LogP contribution is -2.42. The van der Waals surface area contributed by atoms with E-state index < -0.39 is 18.0 Å². The van der Waals surface area contributed by atoms with Crippen molar-refractivity contribution in [3.63, 3.8) is 0 Å². The van der Waals surface area contributed by atoms with Crippen LogP contribution in [-0.2, 0) is 0 Å². The Labute approximate surface area is 106 Å². The van der Waals surface area contributed by atoms with Crippen molar-refractivity contribution in [1.82, 2.24) is 0 Å². The van der Waals surface area contributed by atoms with E-state index in [1.807, 2.05) is 0 Å². The van der Waals surface area contributed by atoms with Crippen LogP contribution in [0.4, 0.5) is 22.0 Å². The highest BCUT2D eigenvalue weighted by Gasteiger charge is 2.60. The number of rotatable bonds is 9. The first kappa shape index (κ1) is 17.6. The molecular weight excluding hydrogens is 251 g/mol. The monoisotopic (exact) mass is 274 g/mol. The van der Waals surface area contributed by atoms with Crippen LogP contribution in [0, 0.1) is 5.92 Å². The molecule has 0 aliphatic rings. The maximum Gasteiger partial charge on any atom is 0.453 e. The zero-order valence-corrected chi connectivity index (χ0v) is 11.1. The Hall–Kier alpha value is -0.350. The van der Waals surface area contributed by atoms with Gasteiger partial charge in [-0.05, 0) is 6.42 Å². The van der Waals surface area contributed by atoms with Crippen LogP contribution in [-0.4, -0.2) is 12.1 Å². The highest BCUT2D eigenvalue weighted by molar-refractivity contribution is 4.81. The topological polar surface area (TPSA) is 0 Å². The summed E-state index contributed by atoms with van der Waals surface area (Å²) in [6.07, 6.45) is 1.05. The van der Waals surface area contributed by atoms with Gasteiger partial charge in [0.15, 0.2) is 0 Å². The van der Waals surface area contributed by atoms with E-state index in [4.69, 9.17) is 0 Å². The third-order valence-electron chi connectivity index (χ3n) is 3.24. The molecule has 0 spiro atoms. The molecule has 5 heteroatoms. The molecule has 0 aromatic rings. The van der Waals surface area contributed by atoms with Gasteiger partial charge in [0.2, 0.25) is 0 Å². The van der Waals surface area contributed by atoms with Gasteiger partial charge in [-0.2, -0.15) is 22.0 Å². The van der Waals surface area contributed by atoms with Crippen molar-refractivity contribution < 1.29 is 22.0 Å². The fraction of sp³-hybridized carbons (Fsp3) is 1.00. The molecule has 0 heterocycles. The van der Waals surface area contributed by atoms with Crippen molar-refractivity contribution in [1.29, 1.82) is 0 Å². The molecule has 0 aliphatic heterocycles. The minimum atomic E-state index is -5.42. The zero-order chi connectivity index (χ0) is 14.2. The van der Waals surface area contributed by atoms with Crippen molar-refractivity contribution in [2.75, 3.05) is 0 Å². The number of hydrogen-bond acceptors (Lipinski definition) is 0. The van der Waals surface area contributed by atoms with Gasteiger partial charge < -0.3 is 0 Å². The maximum atomic E-state index is 12.9. The fourth-order valence-electron chi connectivity index (χ4n) is 1.87. The van der Waals surface area contributed by atoms with E-state index >= 15 is 0 Å². The minimum Gasteiger partial charge on any atom is -0.196 e. The molecule has 0 aromatic carbocycles. The van der Waals surface area contributed by atoms with Crippen molar-refractivity contribution in [2.45, 2.75) is 77.3 Å². The molecule has 0 aliphatic carbocycles. The molecule has 0 saturated carbocycles. The third-order valence-corrected chi connectivity index (χ3v) is 3.24. The maximum absolute atomic E-state index is 12.9. The van der Waals surface area contributed by atoms with Crippen molar-refractivity contribution in [2.24, 2.45) is 5.92 Å². The molecule has 18 heavy (non-hydrogen) atoms. The number of alkyl halides is 5.